The second-order valence-electron chi connectivity index (χ2n) is 9.29. The minimum absolute atomic E-state index is 0.00228. The van der Waals surface area contributed by atoms with Crippen molar-refractivity contribution in [3.8, 4) is 17.2 Å². The number of rotatable bonds is 6. The van der Waals surface area contributed by atoms with Crippen molar-refractivity contribution in [1.82, 2.24) is 4.90 Å². The summed E-state index contributed by atoms with van der Waals surface area (Å²) in [6.45, 7) is 2.77. The topological polar surface area (TPSA) is 112 Å². The molecule has 3 aliphatic rings. The van der Waals surface area contributed by atoms with E-state index in [4.69, 9.17) is 18.7 Å². The molecule has 1 spiro atoms. The lowest BCUT2D eigenvalue weighted by molar-refractivity contribution is -0.191. The molecule has 1 aromatic carbocycles. The van der Waals surface area contributed by atoms with Gasteiger partial charge in [-0.15, -0.1) is 0 Å². The zero-order valence-corrected chi connectivity index (χ0v) is 21.7. The van der Waals surface area contributed by atoms with Crippen LogP contribution in [0.15, 0.2) is 18.2 Å². The minimum atomic E-state index is -5.25. The molecule has 4 unspecified atom stereocenters. The Labute approximate surface area is 211 Å². The summed E-state index contributed by atoms with van der Waals surface area (Å²) >= 11 is 0. The van der Waals surface area contributed by atoms with Gasteiger partial charge in [-0.1, -0.05) is 26.0 Å². The van der Waals surface area contributed by atoms with Crippen LogP contribution in [0.1, 0.15) is 37.8 Å². The number of halogens is 3. The molecule has 204 valence electrons. The van der Waals surface area contributed by atoms with Crippen LogP contribution in [-0.4, -0.2) is 72.9 Å². The number of hydrogen-bond donors (Lipinski definition) is 1. The van der Waals surface area contributed by atoms with Gasteiger partial charge in [0.2, 0.25) is 13.1 Å². The predicted octanol–water partition coefficient (Wildman–Crippen LogP) is 3.55. The van der Waals surface area contributed by atoms with Crippen molar-refractivity contribution in [3.05, 3.63) is 29.3 Å². The van der Waals surface area contributed by atoms with Crippen molar-refractivity contribution in [2.24, 2.45) is 0 Å². The fraction of sp³-hybridized carbons (Fsp3) is 0.583. The van der Waals surface area contributed by atoms with Gasteiger partial charge in [-0.25, -0.2) is 4.79 Å². The fourth-order valence-corrected chi connectivity index (χ4v) is 6.59. The third-order valence-electron chi connectivity index (χ3n) is 7.31. The summed E-state index contributed by atoms with van der Waals surface area (Å²) in [6.07, 6.45) is -3.64. The Morgan fingerprint density at radius 1 is 1.27 bits per heavy atom. The number of carbonyl (C=O) groups is 2. The van der Waals surface area contributed by atoms with Gasteiger partial charge in [-0.05, 0) is 18.1 Å². The van der Waals surface area contributed by atoms with E-state index >= 15 is 0 Å². The van der Waals surface area contributed by atoms with Crippen LogP contribution in [0.4, 0.5) is 13.2 Å². The maximum Gasteiger partial charge on any atom is 0.471 e. The van der Waals surface area contributed by atoms with Crippen molar-refractivity contribution >= 4 is 19.2 Å². The van der Waals surface area contributed by atoms with Gasteiger partial charge in [0.1, 0.15) is 12.1 Å². The lowest BCUT2D eigenvalue weighted by atomic mass is 9.67. The molecule has 0 saturated carbocycles. The first-order valence-electron chi connectivity index (χ1n) is 11.9. The van der Waals surface area contributed by atoms with E-state index in [0.717, 1.165) is 7.11 Å². The van der Waals surface area contributed by atoms with E-state index in [2.05, 4.69) is 0 Å². The zero-order valence-electron chi connectivity index (χ0n) is 20.8. The van der Waals surface area contributed by atoms with Gasteiger partial charge < -0.3 is 28.7 Å². The molecule has 13 heteroatoms. The Morgan fingerprint density at radius 2 is 1.95 bits per heavy atom. The Hall–Kier alpha value is -2.72. The van der Waals surface area contributed by atoms with Crippen LogP contribution >= 0.6 is 7.37 Å². The maximum atomic E-state index is 13.7. The highest BCUT2D eigenvalue weighted by Gasteiger charge is 2.58. The van der Waals surface area contributed by atoms with Crippen LogP contribution in [0.2, 0.25) is 0 Å². The van der Waals surface area contributed by atoms with Crippen LogP contribution in [0, 0.1) is 0 Å². The molecule has 0 bridgehead atoms. The van der Waals surface area contributed by atoms with Gasteiger partial charge in [0.05, 0.1) is 25.7 Å². The quantitative estimate of drug-likeness (QED) is 0.327. The number of methoxy groups -OCH3 is 2. The highest BCUT2D eigenvalue weighted by atomic mass is 31.2. The number of ether oxygens (including phenoxy) is 3. The number of aliphatic hydroxyl groups is 1. The second-order valence-corrected chi connectivity index (χ2v) is 12.4. The molecule has 0 saturated heterocycles. The molecule has 0 aromatic heterocycles. The Balaban J connectivity index is 2.00. The van der Waals surface area contributed by atoms with Crippen molar-refractivity contribution in [1.29, 1.82) is 0 Å². The molecule has 37 heavy (non-hydrogen) atoms. The summed E-state index contributed by atoms with van der Waals surface area (Å²) in [5, 5.41) is 10.3. The Bertz CT molecular complexity index is 1180. The molecule has 4 rings (SSSR count). The van der Waals surface area contributed by atoms with E-state index in [1.54, 1.807) is 19.9 Å². The van der Waals surface area contributed by atoms with Gasteiger partial charge in [0.25, 0.3) is 0 Å². The van der Waals surface area contributed by atoms with E-state index in [1.165, 1.54) is 19.3 Å². The van der Waals surface area contributed by atoms with Crippen LogP contribution in [0.3, 0.4) is 0 Å². The molecular formula is C24H29F3NO8P. The average molecular weight is 547 g/mol. The number of amides is 1. The molecule has 2 aliphatic heterocycles. The normalized spacial score (nSPS) is 26.5. The highest BCUT2D eigenvalue weighted by Crippen LogP contribution is 2.61. The van der Waals surface area contributed by atoms with Crippen molar-refractivity contribution in [2.75, 3.05) is 26.5 Å². The number of aliphatic hydroxyl groups excluding tert-OH is 1. The van der Waals surface area contributed by atoms with E-state index in [0.29, 0.717) is 10.5 Å². The van der Waals surface area contributed by atoms with E-state index < -0.39 is 55.6 Å². The van der Waals surface area contributed by atoms with Crippen LogP contribution in [-0.2, 0) is 30.9 Å². The lowest BCUT2D eigenvalue weighted by Gasteiger charge is -2.38. The summed E-state index contributed by atoms with van der Waals surface area (Å²) in [5.41, 5.74) is -0.523. The average Bonchev–Trinajstić information content (AvgIpc) is 3.10. The van der Waals surface area contributed by atoms with E-state index in [1.807, 2.05) is 0 Å². The van der Waals surface area contributed by atoms with Gasteiger partial charge in [0, 0.05) is 30.9 Å². The molecule has 0 fully saturated rings. The zero-order chi connectivity index (χ0) is 27.3. The SMILES string of the molecule is CCP(=O)(CC)Oc1cc2c3c(c1OC)OC1CC(O)C=CC31CC(C(=O)OC)N(C(=O)C(F)(F)F)C2. The Kier molecular flexibility index (Phi) is 7.05. The molecule has 2 heterocycles. The number of hydrogen-bond acceptors (Lipinski definition) is 8. The van der Waals surface area contributed by atoms with Crippen molar-refractivity contribution in [3.63, 3.8) is 0 Å². The van der Waals surface area contributed by atoms with Crippen LogP contribution in [0.5, 0.6) is 17.2 Å². The summed E-state index contributed by atoms with van der Waals surface area (Å²) in [7, 11) is -0.784. The minimum Gasteiger partial charge on any atom is -0.490 e. The molecule has 1 aliphatic carbocycles. The molecule has 1 aromatic rings. The summed E-state index contributed by atoms with van der Waals surface area (Å²) < 4.78 is 76.7. The largest absolute Gasteiger partial charge is 0.490 e. The third kappa shape index (κ3) is 4.48. The summed E-state index contributed by atoms with van der Waals surface area (Å²) in [6, 6.07) is -0.200. The maximum absolute atomic E-state index is 13.7. The number of alkyl halides is 3. The summed E-state index contributed by atoms with van der Waals surface area (Å²) in [5.74, 6) is -2.96. The van der Waals surface area contributed by atoms with Gasteiger partial charge in [-0.2, -0.15) is 13.2 Å². The first kappa shape index (κ1) is 27.3. The fourth-order valence-electron chi connectivity index (χ4n) is 5.39. The van der Waals surface area contributed by atoms with E-state index in [-0.39, 0.29) is 48.0 Å². The van der Waals surface area contributed by atoms with Gasteiger partial charge in [0.15, 0.2) is 11.5 Å². The predicted molar refractivity (Wildman–Crippen MR) is 125 cm³/mol. The smallest absolute Gasteiger partial charge is 0.471 e. The van der Waals surface area contributed by atoms with Gasteiger partial charge in [-0.3, -0.25) is 9.36 Å². The molecule has 1 N–H and O–H groups in total. The highest BCUT2D eigenvalue weighted by molar-refractivity contribution is 7.59. The first-order valence-corrected chi connectivity index (χ1v) is 13.8. The molecule has 9 nitrogen and oxygen atoms in total. The van der Waals surface area contributed by atoms with Crippen LogP contribution < -0.4 is 14.0 Å². The number of nitrogens with zero attached hydrogens (tertiary/aromatic N) is 1. The lowest BCUT2D eigenvalue weighted by Crippen LogP contribution is -2.53. The molecular weight excluding hydrogens is 518 g/mol. The molecule has 1 amide bonds. The number of benzene rings is 1. The van der Waals surface area contributed by atoms with Crippen molar-refractivity contribution in [2.45, 2.75) is 63.1 Å². The monoisotopic (exact) mass is 547 g/mol. The Morgan fingerprint density at radius 3 is 2.51 bits per heavy atom. The van der Waals surface area contributed by atoms with Crippen molar-refractivity contribution < 1.29 is 51.2 Å². The van der Waals surface area contributed by atoms with Gasteiger partial charge >= 0.3 is 18.1 Å². The summed E-state index contributed by atoms with van der Waals surface area (Å²) in [4.78, 5) is 25.8. The van der Waals surface area contributed by atoms with Crippen LogP contribution in [0.25, 0.3) is 0 Å². The second kappa shape index (κ2) is 9.54. The number of carbonyl (C=O) groups excluding carboxylic acids is 2. The molecule has 0 radical (unpaired) electrons. The molecule has 4 atom stereocenters. The van der Waals surface area contributed by atoms with E-state index in [9.17, 15) is 32.4 Å². The first-order chi connectivity index (χ1) is 17.3. The number of esters is 1. The third-order valence-corrected chi connectivity index (χ3v) is 9.77. The standard InChI is InChI=1S/C24H29F3NO8P/c1-5-37(32,6-2)36-16-9-13-12-28(22(31)24(25,26)27)15(21(30)34-4)11-23-8-7-14(29)10-17(23)35-20(18(13)23)19(16)33-3/h7-9,14-15,17,29H,5-6,10-12H2,1-4H3.